The molecule has 0 aromatic carbocycles. The highest BCUT2D eigenvalue weighted by atomic mass is 32.2. The third kappa shape index (κ3) is 4.29. The summed E-state index contributed by atoms with van der Waals surface area (Å²) in [6.07, 6.45) is 9.42. The van der Waals surface area contributed by atoms with Crippen LogP contribution >= 0.6 is 0 Å². The third-order valence-electron chi connectivity index (χ3n) is 4.47. The molecule has 2 saturated carbocycles. The van der Waals surface area contributed by atoms with Crippen LogP contribution in [0, 0.1) is 11.8 Å². The Kier molecular flexibility index (Phi) is 5.42. The van der Waals surface area contributed by atoms with E-state index in [2.05, 4.69) is 11.3 Å². The van der Waals surface area contributed by atoms with Crippen LogP contribution < -0.4 is 4.72 Å². The zero-order valence-corrected chi connectivity index (χ0v) is 12.3. The fraction of sp³-hybridized carbons (Fsp3) is 0.857. The van der Waals surface area contributed by atoms with Gasteiger partial charge in [0.15, 0.2) is 0 Å². The smallest absolute Gasteiger partial charge is 0.233 e. The van der Waals surface area contributed by atoms with E-state index < -0.39 is 10.0 Å². The normalized spacial score (nSPS) is 31.7. The first-order chi connectivity index (χ1) is 9.12. The van der Waals surface area contributed by atoms with Gasteiger partial charge in [0, 0.05) is 12.0 Å². The fourth-order valence-corrected chi connectivity index (χ4v) is 4.03. The molecule has 0 radical (unpaired) electrons. The number of ether oxygens (including phenoxy) is 1. The minimum atomic E-state index is -3.31. The Labute approximate surface area is 116 Å². The Morgan fingerprint density at radius 1 is 1.16 bits per heavy atom. The van der Waals surface area contributed by atoms with Crippen molar-refractivity contribution in [2.75, 3.05) is 13.2 Å². The molecule has 0 amide bonds. The van der Waals surface area contributed by atoms with Crippen molar-refractivity contribution < 1.29 is 13.2 Å². The van der Waals surface area contributed by atoms with E-state index in [1.807, 2.05) is 0 Å². The van der Waals surface area contributed by atoms with Crippen molar-refractivity contribution in [2.45, 2.75) is 51.0 Å². The fourth-order valence-electron chi connectivity index (χ4n) is 3.54. The van der Waals surface area contributed by atoms with Crippen LogP contribution in [-0.4, -0.2) is 27.7 Å². The van der Waals surface area contributed by atoms with Crippen LogP contribution in [0.5, 0.6) is 0 Å². The molecule has 1 N–H and O–H groups in total. The first kappa shape index (κ1) is 15.0. The summed E-state index contributed by atoms with van der Waals surface area (Å²) in [5, 5.41) is 0.935. The Hall–Kier alpha value is -0.390. The molecule has 19 heavy (non-hydrogen) atoms. The highest BCUT2D eigenvalue weighted by Crippen LogP contribution is 2.41. The van der Waals surface area contributed by atoms with Gasteiger partial charge < -0.3 is 4.74 Å². The topological polar surface area (TPSA) is 55.4 Å². The quantitative estimate of drug-likeness (QED) is 0.763. The molecule has 0 aromatic rings. The Bertz CT molecular complexity index is 391. The first-order valence-corrected chi connectivity index (χ1v) is 8.91. The maximum Gasteiger partial charge on any atom is 0.233 e. The molecule has 5 heteroatoms. The predicted molar refractivity (Wildman–Crippen MR) is 76.2 cm³/mol. The van der Waals surface area contributed by atoms with Gasteiger partial charge in [0.2, 0.25) is 10.0 Å². The number of nitrogens with one attached hydrogen (secondary N) is 1. The molecule has 0 spiro atoms. The third-order valence-corrected chi connectivity index (χ3v) is 5.51. The molecule has 2 fully saturated rings. The van der Waals surface area contributed by atoms with Crippen molar-refractivity contribution in [3.05, 3.63) is 12.0 Å². The van der Waals surface area contributed by atoms with E-state index in [9.17, 15) is 8.42 Å². The molecular formula is C14H25NO3S. The standard InChI is InChI=1S/C14H25NO3S/c1-2-19(16,17)15-10-11-18-14-9-5-7-12-6-3-4-8-13(12)14/h2,12-15H,1,3-11H2. The highest BCUT2D eigenvalue weighted by molar-refractivity contribution is 7.92. The van der Waals surface area contributed by atoms with Crippen LogP contribution in [0.25, 0.3) is 0 Å². The molecule has 0 bridgehead atoms. The van der Waals surface area contributed by atoms with Gasteiger partial charge in [-0.1, -0.05) is 32.3 Å². The van der Waals surface area contributed by atoms with E-state index in [1.54, 1.807) is 0 Å². The highest BCUT2D eigenvalue weighted by Gasteiger charge is 2.35. The second-order valence-corrected chi connectivity index (χ2v) is 7.37. The summed E-state index contributed by atoms with van der Waals surface area (Å²) in [4.78, 5) is 0. The molecule has 0 aliphatic heterocycles. The van der Waals surface area contributed by atoms with Gasteiger partial charge in [-0.15, -0.1) is 0 Å². The van der Waals surface area contributed by atoms with Gasteiger partial charge in [-0.05, 0) is 31.1 Å². The van der Waals surface area contributed by atoms with Crippen molar-refractivity contribution in [2.24, 2.45) is 11.8 Å². The van der Waals surface area contributed by atoms with Crippen LogP contribution in [0.2, 0.25) is 0 Å². The van der Waals surface area contributed by atoms with E-state index >= 15 is 0 Å². The van der Waals surface area contributed by atoms with E-state index in [0.717, 1.165) is 17.7 Å². The second-order valence-electron chi connectivity index (χ2n) is 5.65. The van der Waals surface area contributed by atoms with Crippen LogP contribution in [0.4, 0.5) is 0 Å². The molecule has 2 rings (SSSR count). The van der Waals surface area contributed by atoms with Crippen molar-refractivity contribution in [1.29, 1.82) is 0 Å². The molecule has 110 valence electrons. The first-order valence-electron chi connectivity index (χ1n) is 7.36. The number of fused-ring (bicyclic) bond motifs is 1. The lowest BCUT2D eigenvalue weighted by Gasteiger charge is -2.41. The van der Waals surface area contributed by atoms with Gasteiger partial charge in [0.05, 0.1) is 12.7 Å². The van der Waals surface area contributed by atoms with E-state index in [1.165, 1.54) is 38.5 Å². The van der Waals surface area contributed by atoms with Gasteiger partial charge in [0.1, 0.15) is 0 Å². The lowest BCUT2D eigenvalue weighted by molar-refractivity contribution is -0.0444. The molecule has 0 aromatic heterocycles. The average Bonchev–Trinajstić information content (AvgIpc) is 2.44. The number of sulfonamides is 1. The van der Waals surface area contributed by atoms with Crippen molar-refractivity contribution in [1.82, 2.24) is 4.72 Å². The Morgan fingerprint density at radius 2 is 1.89 bits per heavy atom. The largest absolute Gasteiger partial charge is 0.377 e. The van der Waals surface area contributed by atoms with E-state index in [0.29, 0.717) is 25.2 Å². The summed E-state index contributed by atoms with van der Waals surface area (Å²) in [5.74, 6) is 1.55. The van der Waals surface area contributed by atoms with Crippen LogP contribution in [0.1, 0.15) is 44.9 Å². The van der Waals surface area contributed by atoms with Crippen molar-refractivity contribution in [3.63, 3.8) is 0 Å². The molecule has 0 saturated heterocycles. The Morgan fingerprint density at radius 3 is 2.68 bits per heavy atom. The molecular weight excluding hydrogens is 262 g/mol. The zero-order valence-electron chi connectivity index (χ0n) is 11.5. The monoisotopic (exact) mass is 287 g/mol. The average molecular weight is 287 g/mol. The summed E-state index contributed by atoms with van der Waals surface area (Å²) in [6, 6.07) is 0. The minimum absolute atomic E-state index is 0.336. The van der Waals surface area contributed by atoms with Crippen LogP contribution in [0.15, 0.2) is 12.0 Å². The predicted octanol–water partition coefficient (Wildman–Crippen LogP) is 2.42. The maximum atomic E-state index is 11.2. The minimum Gasteiger partial charge on any atom is -0.377 e. The molecule has 2 aliphatic carbocycles. The number of hydrogen-bond acceptors (Lipinski definition) is 3. The Balaban J connectivity index is 1.74. The molecule has 3 unspecified atom stereocenters. The SMILES string of the molecule is C=CS(=O)(=O)NCCOC1CCCC2CCCCC21. The summed E-state index contributed by atoms with van der Waals surface area (Å²) in [5.41, 5.74) is 0. The molecule has 0 heterocycles. The van der Waals surface area contributed by atoms with Gasteiger partial charge in [-0.2, -0.15) is 0 Å². The van der Waals surface area contributed by atoms with E-state index in [4.69, 9.17) is 4.74 Å². The van der Waals surface area contributed by atoms with Gasteiger partial charge >= 0.3 is 0 Å². The lowest BCUT2D eigenvalue weighted by Crippen LogP contribution is -2.38. The number of rotatable bonds is 6. The summed E-state index contributed by atoms with van der Waals surface area (Å²) in [6.45, 7) is 4.06. The summed E-state index contributed by atoms with van der Waals surface area (Å²) >= 11 is 0. The van der Waals surface area contributed by atoms with Gasteiger partial charge in [0.25, 0.3) is 0 Å². The van der Waals surface area contributed by atoms with Gasteiger partial charge in [-0.3, -0.25) is 0 Å². The van der Waals surface area contributed by atoms with Gasteiger partial charge in [-0.25, -0.2) is 13.1 Å². The van der Waals surface area contributed by atoms with Crippen LogP contribution in [0.3, 0.4) is 0 Å². The van der Waals surface area contributed by atoms with Crippen LogP contribution in [-0.2, 0) is 14.8 Å². The lowest BCUT2D eigenvalue weighted by atomic mass is 9.69. The summed E-state index contributed by atoms with van der Waals surface area (Å²) < 4.78 is 30.8. The zero-order chi connectivity index (χ0) is 13.7. The second kappa shape index (κ2) is 6.86. The summed E-state index contributed by atoms with van der Waals surface area (Å²) in [7, 11) is -3.31. The molecule has 3 atom stereocenters. The van der Waals surface area contributed by atoms with Crippen molar-refractivity contribution in [3.8, 4) is 0 Å². The van der Waals surface area contributed by atoms with E-state index in [-0.39, 0.29) is 0 Å². The molecule has 4 nitrogen and oxygen atoms in total. The number of hydrogen-bond donors (Lipinski definition) is 1. The maximum absolute atomic E-state index is 11.2. The molecule has 2 aliphatic rings. The van der Waals surface area contributed by atoms with Crippen molar-refractivity contribution >= 4 is 10.0 Å².